The summed E-state index contributed by atoms with van der Waals surface area (Å²) in [5.74, 6) is 6.65. The SMILES string of the molecule is CCC(O)(C#C/C=C(\C)c1cccc(OCc2ccc(CO)c(CO)c2)c1)CC. The van der Waals surface area contributed by atoms with E-state index in [4.69, 9.17) is 4.74 Å². The normalized spacial score (nSPS) is 11.7. The van der Waals surface area contributed by atoms with Crippen molar-refractivity contribution in [3.05, 3.63) is 70.8 Å². The number of rotatable bonds is 8. The molecule has 0 aliphatic heterocycles. The molecule has 154 valence electrons. The quantitative estimate of drug-likeness (QED) is 0.587. The van der Waals surface area contributed by atoms with E-state index >= 15 is 0 Å². The van der Waals surface area contributed by atoms with Crippen molar-refractivity contribution in [3.63, 3.8) is 0 Å². The maximum Gasteiger partial charge on any atom is 0.125 e. The lowest BCUT2D eigenvalue weighted by atomic mass is 9.98. The maximum absolute atomic E-state index is 10.3. The summed E-state index contributed by atoms with van der Waals surface area (Å²) in [7, 11) is 0. The Morgan fingerprint density at radius 1 is 1.03 bits per heavy atom. The highest BCUT2D eigenvalue weighted by Gasteiger charge is 2.17. The highest BCUT2D eigenvalue weighted by atomic mass is 16.5. The molecule has 0 amide bonds. The van der Waals surface area contributed by atoms with Crippen LogP contribution >= 0.6 is 0 Å². The van der Waals surface area contributed by atoms with E-state index in [9.17, 15) is 15.3 Å². The van der Waals surface area contributed by atoms with Gasteiger partial charge in [0.1, 0.15) is 18.0 Å². The molecule has 0 saturated heterocycles. The van der Waals surface area contributed by atoms with Gasteiger partial charge >= 0.3 is 0 Å². The first-order valence-corrected chi connectivity index (χ1v) is 9.92. The van der Waals surface area contributed by atoms with Gasteiger partial charge in [0.15, 0.2) is 0 Å². The molecular formula is C25H30O4. The molecule has 0 spiro atoms. The highest BCUT2D eigenvalue weighted by Crippen LogP contribution is 2.22. The number of aliphatic hydroxyl groups is 3. The smallest absolute Gasteiger partial charge is 0.125 e. The third-order valence-electron chi connectivity index (χ3n) is 5.07. The van der Waals surface area contributed by atoms with Crippen LogP contribution in [-0.4, -0.2) is 20.9 Å². The third kappa shape index (κ3) is 6.47. The van der Waals surface area contributed by atoms with E-state index in [1.54, 1.807) is 6.07 Å². The fourth-order valence-corrected chi connectivity index (χ4v) is 2.86. The fraction of sp³-hybridized carbons (Fsp3) is 0.360. The lowest BCUT2D eigenvalue weighted by molar-refractivity contribution is 0.0931. The Kier molecular flexibility index (Phi) is 8.48. The van der Waals surface area contributed by atoms with Crippen molar-refractivity contribution in [1.82, 2.24) is 0 Å². The van der Waals surface area contributed by atoms with Crippen molar-refractivity contribution >= 4 is 5.57 Å². The minimum Gasteiger partial charge on any atom is -0.489 e. The van der Waals surface area contributed by atoms with Gasteiger partial charge in [0.25, 0.3) is 0 Å². The second-order valence-corrected chi connectivity index (χ2v) is 7.07. The summed E-state index contributed by atoms with van der Waals surface area (Å²) in [6.45, 7) is 5.99. The van der Waals surface area contributed by atoms with E-state index in [-0.39, 0.29) is 13.2 Å². The molecule has 0 bridgehead atoms. The van der Waals surface area contributed by atoms with Crippen molar-refractivity contribution in [2.75, 3.05) is 0 Å². The van der Waals surface area contributed by atoms with Crippen molar-refractivity contribution in [1.29, 1.82) is 0 Å². The molecule has 0 aliphatic rings. The minimum absolute atomic E-state index is 0.0957. The van der Waals surface area contributed by atoms with Gasteiger partial charge in [0.05, 0.1) is 13.2 Å². The van der Waals surface area contributed by atoms with Gasteiger partial charge in [-0.25, -0.2) is 0 Å². The van der Waals surface area contributed by atoms with Crippen LogP contribution in [-0.2, 0) is 19.8 Å². The van der Waals surface area contributed by atoms with E-state index in [2.05, 4.69) is 11.8 Å². The largest absolute Gasteiger partial charge is 0.489 e. The lowest BCUT2D eigenvalue weighted by Crippen LogP contribution is -2.23. The first-order valence-electron chi connectivity index (χ1n) is 9.92. The average Bonchev–Trinajstić information content (AvgIpc) is 2.77. The summed E-state index contributed by atoms with van der Waals surface area (Å²) in [6.07, 6.45) is 3.02. The topological polar surface area (TPSA) is 69.9 Å². The summed E-state index contributed by atoms with van der Waals surface area (Å²) >= 11 is 0. The van der Waals surface area contributed by atoms with Crippen LogP contribution in [0, 0.1) is 11.8 Å². The van der Waals surface area contributed by atoms with Gasteiger partial charge in [-0.1, -0.05) is 50.0 Å². The second kappa shape index (κ2) is 10.8. The van der Waals surface area contributed by atoms with E-state index in [1.807, 2.05) is 63.2 Å². The lowest BCUT2D eigenvalue weighted by Gasteiger charge is -2.16. The molecule has 2 aromatic carbocycles. The zero-order valence-corrected chi connectivity index (χ0v) is 17.4. The zero-order chi connectivity index (χ0) is 21.3. The molecule has 4 heteroatoms. The minimum atomic E-state index is -0.930. The number of hydrogen-bond acceptors (Lipinski definition) is 4. The molecule has 4 nitrogen and oxygen atoms in total. The first kappa shape index (κ1) is 22.7. The van der Waals surface area contributed by atoms with Crippen LogP contribution in [0.3, 0.4) is 0 Å². The summed E-state index contributed by atoms with van der Waals surface area (Å²) in [4.78, 5) is 0. The number of ether oxygens (including phenoxy) is 1. The molecule has 29 heavy (non-hydrogen) atoms. The van der Waals surface area contributed by atoms with E-state index < -0.39 is 5.60 Å². The summed E-state index contributed by atoms with van der Waals surface area (Å²) in [6, 6.07) is 13.3. The van der Waals surface area contributed by atoms with Crippen molar-refractivity contribution < 1.29 is 20.1 Å². The summed E-state index contributed by atoms with van der Waals surface area (Å²) < 4.78 is 5.90. The molecule has 0 aliphatic carbocycles. The summed E-state index contributed by atoms with van der Waals surface area (Å²) in [5.41, 5.74) is 3.42. The van der Waals surface area contributed by atoms with Gasteiger partial charge in [-0.05, 0) is 71.9 Å². The Bertz CT molecular complexity index is 899. The van der Waals surface area contributed by atoms with Crippen LogP contribution in [0.25, 0.3) is 5.57 Å². The molecule has 0 saturated carbocycles. The molecule has 3 N–H and O–H groups in total. The van der Waals surface area contributed by atoms with Crippen molar-refractivity contribution in [3.8, 4) is 17.6 Å². The molecular weight excluding hydrogens is 364 g/mol. The Hall–Kier alpha value is -2.58. The summed E-state index contributed by atoms with van der Waals surface area (Å²) in [5, 5.41) is 29.0. The molecule has 0 unspecified atom stereocenters. The van der Waals surface area contributed by atoms with E-state index in [1.165, 1.54) is 0 Å². The predicted octanol–water partition coefficient (Wildman–Crippen LogP) is 4.21. The molecule has 0 fully saturated rings. The van der Waals surface area contributed by atoms with Crippen molar-refractivity contribution in [2.45, 2.75) is 59.0 Å². The molecule has 2 aromatic rings. The van der Waals surface area contributed by atoms with Crippen LogP contribution in [0.1, 0.15) is 55.9 Å². The van der Waals surface area contributed by atoms with Gasteiger partial charge in [0, 0.05) is 0 Å². The average molecular weight is 395 g/mol. The van der Waals surface area contributed by atoms with Crippen LogP contribution in [0.4, 0.5) is 0 Å². The van der Waals surface area contributed by atoms with Gasteiger partial charge in [-0.15, -0.1) is 0 Å². The molecule has 2 rings (SSSR count). The van der Waals surface area contributed by atoms with Gasteiger partial charge in [0.2, 0.25) is 0 Å². The van der Waals surface area contributed by atoms with Crippen LogP contribution in [0.5, 0.6) is 5.75 Å². The van der Waals surface area contributed by atoms with Gasteiger partial charge in [-0.2, -0.15) is 0 Å². The maximum atomic E-state index is 10.3. The van der Waals surface area contributed by atoms with Gasteiger partial charge < -0.3 is 20.1 Å². The van der Waals surface area contributed by atoms with E-state index in [0.717, 1.165) is 28.0 Å². The number of allylic oxidation sites excluding steroid dienone is 2. The number of hydrogen-bond donors (Lipinski definition) is 3. The standard InChI is InChI=1S/C25H30O4/c1-4-25(28,5-2)13-7-8-19(3)21-9-6-10-24(15-21)29-18-20-11-12-22(16-26)23(14-20)17-27/h6,8-12,14-15,26-28H,4-5,16-18H2,1-3H3/b19-8+. The fourth-order valence-electron chi connectivity index (χ4n) is 2.86. The predicted molar refractivity (Wildman–Crippen MR) is 116 cm³/mol. The van der Waals surface area contributed by atoms with Crippen LogP contribution in [0.15, 0.2) is 48.5 Å². The monoisotopic (exact) mass is 394 g/mol. The Morgan fingerprint density at radius 3 is 2.41 bits per heavy atom. The number of benzene rings is 2. The van der Waals surface area contributed by atoms with E-state index in [0.29, 0.717) is 25.0 Å². The Labute approximate surface area is 173 Å². The first-order chi connectivity index (χ1) is 13.9. The third-order valence-corrected chi connectivity index (χ3v) is 5.07. The Morgan fingerprint density at radius 2 is 1.76 bits per heavy atom. The molecule has 0 radical (unpaired) electrons. The van der Waals surface area contributed by atoms with Gasteiger partial charge in [-0.3, -0.25) is 0 Å². The molecule has 0 aromatic heterocycles. The second-order valence-electron chi connectivity index (χ2n) is 7.07. The van der Waals surface area contributed by atoms with Crippen LogP contribution < -0.4 is 4.74 Å². The molecule has 0 atom stereocenters. The van der Waals surface area contributed by atoms with Crippen molar-refractivity contribution in [2.24, 2.45) is 0 Å². The number of aliphatic hydroxyl groups excluding tert-OH is 2. The molecule has 0 heterocycles. The van der Waals surface area contributed by atoms with Crippen LogP contribution in [0.2, 0.25) is 0 Å². The highest BCUT2D eigenvalue weighted by molar-refractivity contribution is 5.67. The zero-order valence-electron chi connectivity index (χ0n) is 17.4. The Balaban J connectivity index is 2.10.